The Morgan fingerprint density at radius 1 is 0.964 bits per heavy atom. The molecular formula is C23H14FN2O2-. The SMILES string of the molecule is O=C([O-])c1c2c(nc3ccc(F)cc13)-c1ccc(-c3ccccc3)nc1CC2. The van der Waals surface area contributed by atoms with E-state index in [9.17, 15) is 14.3 Å². The highest BCUT2D eigenvalue weighted by atomic mass is 19.1. The minimum atomic E-state index is -1.31. The number of aromatic carboxylic acids is 1. The zero-order valence-electron chi connectivity index (χ0n) is 14.8. The van der Waals surface area contributed by atoms with E-state index in [0.29, 0.717) is 29.6 Å². The number of hydrogen-bond donors (Lipinski definition) is 0. The summed E-state index contributed by atoms with van der Waals surface area (Å²) in [6, 6.07) is 17.7. The van der Waals surface area contributed by atoms with Crippen LogP contribution in [0, 0.1) is 5.82 Å². The first-order chi connectivity index (χ1) is 13.6. The van der Waals surface area contributed by atoms with Gasteiger partial charge in [0, 0.05) is 22.1 Å². The summed E-state index contributed by atoms with van der Waals surface area (Å²) in [5.74, 6) is -1.81. The Hall–Kier alpha value is -3.60. The van der Waals surface area contributed by atoms with E-state index in [1.165, 1.54) is 18.2 Å². The van der Waals surface area contributed by atoms with E-state index in [1.54, 1.807) is 0 Å². The molecule has 0 saturated carbocycles. The van der Waals surface area contributed by atoms with E-state index in [0.717, 1.165) is 22.5 Å². The van der Waals surface area contributed by atoms with Crippen LogP contribution in [0.25, 0.3) is 33.4 Å². The van der Waals surface area contributed by atoms with Crippen molar-refractivity contribution in [2.45, 2.75) is 12.8 Å². The van der Waals surface area contributed by atoms with Crippen molar-refractivity contribution in [2.75, 3.05) is 0 Å². The quantitative estimate of drug-likeness (QED) is 0.542. The molecule has 1 aliphatic carbocycles. The van der Waals surface area contributed by atoms with Crippen LogP contribution < -0.4 is 5.11 Å². The van der Waals surface area contributed by atoms with Crippen LogP contribution in [0.3, 0.4) is 0 Å². The number of rotatable bonds is 2. The molecule has 1 aliphatic rings. The zero-order chi connectivity index (χ0) is 19.3. The van der Waals surface area contributed by atoms with Gasteiger partial charge in [0.15, 0.2) is 0 Å². The van der Waals surface area contributed by atoms with Crippen molar-refractivity contribution in [3.05, 3.63) is 83.3 Å². The lowest BCUT2D eigenvalue weighted by atomic mass is 9.87. The van der Waals surface area contributed by atoms with Crippen molar-refractivity contribution in [1.29, 1.82) is 0 Å². The number of carbonyl (C=O) groups is 1. The van der Waals surface area contributed by atoms with E-state index in [4.69, 9.17) is 4.98 Å². The van der Waals surface area contributed by atoms with E-state index in [-0.39, 0.29) is 10.9 Å². The van der Waals surface area contributed by atoms with Crippen molar-refractivity contribution in [2.24, 2.45) is 0 Å². The Labute approximate surface area is 160 Å². The van der Waals surface area contributed by atoms with Gasteiger partial charge in [-0.15, -0.1) is 0 Å². The Morgan fingerprint density at radius 2 is 1.79 bits per heavy atom. The molecule has 28 heavy (non-hydrogen) atoms. The van der Waals surface area contributed by atoms with Gasteiger partial charge < -0.3 is 9.90 Å². The van der Waals surface area contributed by atoms with Crippen molar-refractivity contribution in [1.82, 2.24) is 9.97 Å². The number of aromatic nitrogens is 2. The zero-order valence-corrected chi connectivity index (χ0v) is 14.8. The summed E-state index contributed by atoms with van der Waals surface area (Å²) >= 11 is 0. The summed E-state index contributed by atoms with van der Waals surface area (Å²) < 4.78 is 13.7. The Balaban J connectivity index is 1.74. The molecule has 2 aromatic heterocycles. The molecule has 5 heteroatoms. The number of aryl methyl sites for hydroxylation is 1. The van der Waals surface area contributed by atoms with Crippen LogP contribution in [0.15, 0.2) is 60.7 Å². The fourth-order valence-corrected chi connectivity index (χ4v) is 3.89. The summed E-state index contributed by atoms with van der Waals surface area (Å²) in [5.41, 5.74) is 5.21. The van der Waals surface area contributed by atoms with Crippen LogP contribution in [-0.2, 0) is 12.8 Å². The number of halogens is 1. The summed E-state index contributed by atoms with van der Waals surface area (Å²) in [6.45, 7) is 0. The van der Waals surface area contributed by atoms with Crippen LogP contribution in [0.5, 0.6) is 0 Å². The third-order valence-corrected chi connectivity index (χ3v) is 5.16. The minimum absolute atomic E-state index is 0.0253. The number of nitrogens with zero attached hydrogens (tertiary/aromatic N) is 2. The lowest BCUT2D eigenvalue weighted by Gasteiger charge is -2.23. The average molecular weight is 369 g/mol. The summed E-state index contributed by atoms with van der Waals surface area (Å²) in [7, 11) is 0. The van der Waals surface area contributed by atoms with E-state index < -0.39 is 11.8 Å². The van der Waals surface area contributed by atoms with Crippen molar-refractivity contribution >= 4 is 16.9 Å². The highest BCUT2D eigenvalue weighted by molar-refractivity contribution is 6.05. The van der Waals surface area contributed by atoms with Crippen LogP contribution in [0.4, 0.5) is 4.39 Å². The van der Waals surface area contributed by atoms with Crippen molar-refractivity contribution < 1.29 is 14.3 Å². The van der Waals surface area contributed by atoms with Crippen LogP contribution in [-0.4, -0.2) is 15.9 Å². The Kier molecular flexibility index (Phi) is 3.69. The van der Waals surface area contributed by atoms with Gasteiger partial charge in [-0.05, 0) is 48.7 Å². The molecule has 0 saturated heterocycles. The third-order valence-electron chi connectivity index (χ3n) is 5.16. The molecule has 0 atom stereocenters. The molecule has 2 heterocycles. The number of pyridine rings is 2. The first-order valence-electron chi connectivity index (χ1n) is 9.01. The predicted octanol–water partition coefficient (Wildman–Crippen LogP) is 3.57. The van der Waals surface area contributed by atoms with Gasteiger partial charge in [-0.3, -0.25) is 4.98 Å². The molecule has 4 nitrogen and oxygen atoms in total. The molecule has 0 fully saturated rings. The summed E-state index contributed by atoms with van der Waals surface area (Å²) in [4.78, 5) is 21.3. The van der Waals surface area contributed by atoms with E-state index in [1.807, 2.05) is 42.5 Å². The maximum Gasteiger partial charge on any atom is 0.123 e. The minimum Gasteiger partial charge on any atom is -0.545 e. The van der Waals surface area contributed by atoms with Gasteiger partial charge in [0.25, 0.3) is 0 Å². The molecule has 5 rings (SSSR count). The molecular weight excluding hydrogens is 355 g/mol. The standard InChI is InChI=1S/C23H15FN2O2/c24-14-6-9-20-17(12-14)21(23(27)28)16-8-11-19-15(22(16)26-20)7-10-18(25-19)13-4-2-1-3-5-13/h1-7,9-10,12H,8,11H2,(H,27,28)/p-1. The lowest BCUT2D eigenvalue weighted by Crippen LogP contribution is -2.26. The van der Waals surface area contributed by atoms with Gasteiger partial charge in [0.1, 0.15) is 5.82 Å². The van der Waals surface area contributed by atoms with Crippen molar-refractivity contribution in [3.63, 3.8) is 0 Å². The molecule has 136 valence electrons. The molecule has 0 bridgehead atoms. The van der Waals surface area contributed by atoms with Gasteiger partial charge in [0.2, 0.25) is 0 Å². The average Bonchev–Trinajstić information content (AvgIpc) is 2.72. The number of carboxylic acids is 1. The van der Waals surface area contributed by atoms with Crippen LogP contribution >= 0.6 is 0 Å². The third kappa shape index (κ3) is 2.55. The molecule has 0 N–H and O–H groups in total. The van der Waals surface area contributed by atoms with Gasteiger partial charge in [-0.1, -0.05) is 30.3 Å². The second kappa shape index (κ2) is 6.23. The van der Waals surface area contributed by atoms with Crippen LogP contribution in [0.1, 0.15) is 21.6 Å². The summed E-state index contributed by atoms with van der Waals surface area (Å²) in [5, 5.41) is 12.1. The lowest BCUT2D eigenvalue weighted by molar-refractivity contribution is -0.254. The normalized spacial score (nSPS) is 12.5. The van der Waals surface area contributed by atoms with Crippen LogP contribution in [0.2, 0.25) is 0 Å². The second-order valence-electron chi connectivity index (χ2n) is 6.82. The smallest absolute Gasteiger partial charge is 0.123 e. The highest BCUT2D eigenvalue weighted by Gasteiger charge is 2.24. The predicted molar refractivity (Wildman–Crippen MR) is 102 cm³/mol. The molecule has 4 aromatic rings. The highest BCUT2D eigenvalue weighted by Crippen LogP contribution is 2.37. The molecule has 0 spiro atoms. The summed E-state index contributed by atoms with van der Waals surface area (Å²) in [6.07, 6.45) is 1.06. The van der Waals surface area contributed by atoms with E-state index >= 15 is 0 Å². The first kappa shape index (κ1) is 16.6. The fraction of sp³-hybridized carbons (Fsp3) is 0.0870. The van der Waals surface area contributed by atoms with Crippen molar-refractivity contribution in [3.8, 4) is 22.5 Å². The molecule has 0 aliphatic heterocycles. The topological polar surface area (TPSA) is 65.9 Å². The largest absolute Gasteiger partial charge is 0.545 e. The number of fused-ring (bicyclic) bond motifs is 4. The van der Waals surface area contributed by atoms with Gasteiger partial charge in [-0.25, -0.2) is 9.37 Å². The maximum atomic E-state index is 13.7. The number of carboxylic acid groups (broad SMARTS) is 1. The molecule has 0 unspecified atom stereocenters. The van der Waals surface area contributed by atoms with E-state index in [2.05, 4.69) is 4.98 Å². The maximum absolute atomic E-state index is 13.7. The monoisotopic (exact) mass is 369 g/mol. The van der Waals surface area contributed by atoms with Gasteiger partial charge in [-0.2, -0.15) is 0 Å². The Bertz CT molecular complexity index is 1250. The fourth-order valence-electron chi connectivity index (χ4n) is 3.89. The molecule has 0 amide bonds. The number of carbonyl (C=O) groups excluding carboxylic acids is 1. The number of benzene rings is 2. The molecule has 2 aromatic carbocycles. The van der Waals surface area contributed by atoms with Gasteiger partial charge in [0.05, 0.1) is 28.6 Å². The number of hydrogen-bond acceptors (Lipinski definition) is 4. The molecule has 0 radical (unpaired) electrons. The Morgan fingerprint density at radius 3 is 2.57 bits per heavy atom. The first-order valence-corrected chi connectivity index (χ1v) is 9.01. The van der Waals surface area contributed by atoms with Gasteiger partial charge >= 0.3 is 0 Å². The second-order valence-corrected chi connectivity index (χ2v) is 6.82.